The highest BCUT2D eigenvalue weighted by atomic mass is 16.5. The van der Waals surface area contributed by atoms with Gasteiger partial charge in [-0.1, -0.05) is 56.3 Å². The van der Waals surface area contributed by atoms with Crippen LogP contribution in [-0.2, 0) is 22.6 Å². The minimum Gasteiger partial charge on any atom is -0.489 e. The number of aliphatic hydroxyl groups excluding tert-OH is 1. The number of hydrogen-bond donors (Lipinski definition) is 5. The lowest BCUT2D eigenvalue weighted by Gasteiger charge is -2.30. The van der Waals surface area contributed by atoms with Crippen LogP contribution in [0.3, 0.4) is 0 Å². The second-order valence-corrected chi connectivity index (χ2v) is 10.5. The van der Waals surface area contributed by atoms with Gasteiger partial charge in [-0.05, 0) is 62.4 Å². The first-order chi connectivity index (χ1) is 17.6. The lowest BCUT2D eigenvalue weighted by atomic mass is 9.98. The molecule has 0 spiro atoms. The predicted molar refractivity (Wildman–Crippen MR) is 147 cm³/mol. The molecule has 0 aromatic heterocycles. The number of nitrogens with two attached hydrogens (primary N) is 1. The van der Waals surface area contributed by atoms with Gasteiger partial charge >= 0.3 is 0 Å². The van der Waals surface area contributed by atoms with E-state index in [1.54, 1.807) is 0 Å². The Bertz CT molecular complexity index is 948. The molecule has 2 amide bonds. The molecule has 8 nitrogen and oxygen atoms in total. The van der Waals surface area contributed by atoms with Gasteiger partial charge in [0.05, 0.1) is 12.6 Å². The zero-order valence-electron chi connectivity index (χ0n) is 22.6. The van der Waals surface area contributed by atoms with Crippen LogP contribution in [0.15, 0.2) is 54.6 Å². The SMILES string of the molecule is CC(C)CC(N)C(=O)NC(Cc1ccc(OCc2ccccc2)cc1)C(=O)NC(C)(C)CCNCCO. The summed E-state index contributed by atoms with van der Waals surface area (Å²) in [7, 11) is 0. The number of hydrogen-bond acceptors (Lipinski definition) is 6. The third-order valence-electron chi connectivity index (χ3n) is 5.98. The quantitative estimate of drug-likeness (QED) is 0.220. The fourth-order valence-corrected chi connectivity index (χ4v) is 3.89. The molecule has 0 aliphatic carbocycles. The van der Waals surface area contributed by atoms with Crippen LogP contribution in [0.2, 0.25) is 0 Å². The van der Waals surface area contributed by atoms with E-state index in [4.69, 9.17) is 15.6 Å². The molecular weight excluding hydrogens is 468 g/mol. The summed E-state index contributed by atoms with van der Waals surface area (Å²) in [6.07, 6.45) is 1.53. The monoisotopic (exact) mass is 512 g/mol. The first kappa shape index (κ1) is 30.3. The largest absolute Gasteiger partial charge is 0.489 e. The Morgan fingerprint density at radius 3 is 2.27 bits per heavy atom. The Morgan fingerprint density at radius 1 is 0.973 bits per heavy atom. The van der Waals surface area contributed by atoms with Gasteiger partial charge in [-0.25, -0.2) is 0 Å². The van der Waals surface area contributed by atoms with E-state index in [9.17, 15) is 9.59 Å². The second-order valence-electron chi connectivity index (χ2n) is 10.5. The smallest absolute Gasteiger partial charge is 0.243 e. The Morgan fingerprint density at radius 2 is 1.65 bits per heavy atom. The fourth-order valence-electron chi connectivity index (χ4n) is 3.89. The molecule has 0 aliphatic heterocycles. The normalized spacial score (nSPS) is 13.2. The van der Waals surface area contributed by atoms with Crippen molar-refractivity contribution >= 4 is 11.8 Å². The minimum absolute atomic E-state index is 0.0631. The molecule has 2 unspecified atom stereocenters. The van der Waals surface area contributed by atoms with Gasteiger partial charge in [0.25, 0.3) is 0 Å². The summed E-state index contributed by atoms with van der Waals surface area (Å²) in [4.78, 5) is 26.1. The summed E-state index contributed by atoms with van der Waals surface area (Å²) in [5, 5.41) is 18.0. The highest BCUT2D eigenvalue weighted by Gasteiger charge is 2.28. The van der Waals surface area contributed by atoms with Gasteiger partial charge in [0.2, 0.25) is 11.8 Å². The molecular formula is C29H44N4O4. The lowest BCUT2D eigenvalue weighted by molar-refractivity contribution is -0.130. The van der Waals surface area contributed by atoms with E-state index in [1.807, 2.05) is 82.3 Å². The van der Waals surface area contributed by atoms with E-state index in [0.29, 0.717) is 39.0 Å². The van der Waals surface area contributed by atoms with Gasteiger partial charge in [0.15, 0.2) is 0 Å². The van der Waals surface area contributed by atoms with E-state index in [1.165, 1.54) is 0 Å². The van der Waals surface area contributed by atoms with Crippen LogP contribution >= 0.6 is 0 Å². The maximum Gasteiger partial charge on any atom is 0.243 e. The minimum atomic E-state index is -0.772. The zero-order chi connectivity index (χ0) is 27.3. The molecule has 8 heteroatoms. The molecule has 2 rings (SSSR count). The average molecular weight is 513 g/mol. The summed E-state index contributed by atoms with van der Waals surface area (Å²) in [5.41, 5.74) is 7.57. The Labute approximate surface area is 221 Å². The van der Waals surface area contributed by atoms with Gasteiger partial charge in [-0.3, -0.25) is 9.59 Å². The number of amides is 2. The van der Waals surface area contributed by atoms with Crippen LogP contribution in [0.5, 0.6) is 5.75 Å². The van der Waals surface area contributed by atoms with Crippen molar-refractivity contribution in [3.05, 3.63) is 65.7 Å². The van der Waals surface area contributed by atoms with Crippen molar-refractivity contribution in [2.24, 2.45) is 11.7 Å². The molecule has 0 heterocycles. The van der Waals surface area contributed by atoms with Crippen molar-refractivity contribution in [3.8, 4) is 5.75 Å². The first-order valence-corrected chi connectivity index (χ1v) is 13.0. The maximum absolute atomic E-state index is 13.3. The number of carbonyl (C=O) groups is 2. The summed E-state index contributed by atoms with van der Waals surface area (Å²) in [5.74, 6) is 0.399. The summed E-state index contributed by atoms with van der Waals surface area (Å²) >= 11 is 0. The van der Waals surface area contributed by atoms with Gasteiger partial charge < -0.3 is 31.5 Å². The van der Waals surface area contributed by atoms with Gasteiger partial charge in [-0.15, -0.1) is 0 Å². The average Bonchev–Trinajstić information content (AvgIpc) is 2.85. The van der Waals surface area contributed by atoms with E-state index >= 15 is 0 Å². The Balaban J connectivity index is 2.06. The van der Waals surface area contributed by atoms with Gasteiger partial charge in [-0.2, -0.15) is 0 Å². The Kier molecular flexibility index (Phi) is 12.6. The molecule has 0 saturated carbocycles. The number of ether oxygens (including phenoxy) is 1. The van der Waals surface area contributed by atoms with Crippen molar-refractivity contribution in [1.29, 1.82) is 0 Å². The molecule has 2 aromatic rings. The highest BCUT2D eigenvalue weighted by molar-refractivity contribution is 5.90. The Hall–Kier alpha value is -2.94. The molecule has 0 fully saturated rings. The van der Waals surface area contributed by atoms with Crippen LogP contribution in [0.1, 0.15) is 51.7 Å². The van der Waals surface area contributed by atoms with E-state index in [-0.39, 0.29) is 24.3 Å². The van der Waals surface area contributed by atoms with Crippen molar-refractivity contribution in [3.63, 3.8) is 0 Å². The highest BCUT2D eigenvalue weighted by Crippen LogP contribution is 2.16. The molecule has 204 valence electrons. The zero-order valence-corrected chi connectivity index (χ0v) is 22.6. The predicted octanol–water partition coefficient (Wildman–Crippen LogP) is 2.53. The third-order valence-corrected chi connectivity index (χ3v) is 5.98. The van der Waals surface area contributed by atoms with Crippen LogP contribution in [0.25, 0.3) is 0 Å². The standard InChI is InChI=1S/C29H44N4O4/c1-21(2)18-25(30)27(35)32-26(28(36)33-29(3,4)14-15-31-16-17-34)19-22-10-12-24(13-11-22)37-20-23-8-6-5-7-9-23/h5-13,21,25-26,31,34H,14-20,30H2,1-4H3,(H,32,35)(H,33,36). The van der Waals surface area contributed by atoms with Crippen LogP contribution in [0.4, 0.5) is 0 Å². The number of benzene rings is 2. The van der Waals surface area contributed by atoms with Crippen LogP contribution < -0.4 is 26.4 Å². The van der Waals surface area contributed by atoms with Crippen molar-refractivity contribution < 1.29 is 19.4 Å². The molecule has 0 bridgehead atoms. The number of rotatable bonds is 16. The molecule has 0 radical (unpaired) electrons. The fraction of sp³-hybridized carbons (Fsp3) is 0.517. The van der Waals surface area contributed by atoms with E-state index in [2.05, 4.69) is 16.0 Å². The molecule has 6 N–H and O–H groups in total. The van der Waals surface area contributed by atoms with E-state index < -0.39 is 17.6 Å². The molecule has 0 saturated heterocycles. The number of aliphatic hydroxyl groups is 1. The molecule has 2 atom stereocenters. The van der Waals surface area contributed by atoms with Crippen molar-refractivity contribution in [2.75, 3.05) is 19.7 Å². The number of nitrogens with one attached hydrogen (secondary N) is 3. The lowest BCUT2D eigenvalue weighted by Crippen LogP contribution is -2.56. The van der Waals surface area contributed by atoms with Crippen LogP contribution in [-0.4, -0.2) is 54.2 Å². The summed E-state index contributed by atoms with van der Waals surface area (Å²) < 4.78 is 5.87. The van der Waals surface area contributed by atoms with Crippen molar-refractivity contribution in [2.45, 2.75) is 71.2 Å². The topological polar surface area (TPSA) is 126 Å². The van der Waals surface area contributed by atoms with Crippen molar-refractivity contribution in [1.82, 2.24) is 16.0 Å². The maximum atomic E-state index is 13.3. The van der Waals surface area contributed by atoms with Gasteiger partial charge in [0, 0.05) is 18.5 Å². The second kappa shape index (κ2) is 15.3. The first-order valence-electron chi connectivity index (χ1n) is 13.0. The third kappa shape index (κ3) is 11.8. The molecule has 0 aliphatic rings. The molecule has 37 heavy (non-hydrogen) atoms. The van der Waals surface area contributed by atoms with Gasteiger partial charge in [0.1, 0.15) is 18.4 Å². The number of carbonyl (C=O) groups excluding carboxylic acids is 2. The summed E-state index contributed by atoms with van der Waals surface area (Å²) in [6, 6.07) is 16.0. The van der Waals surface area contributed by atoms with E-state index in [0.717, 1.165) is 16.9 Å². The molecule has 2 aromatic carbocycles. The summed E-state index contributed by atoms with van der Waals surface area (Å²) in [6.45, 7) is 9.57. The van der Waals surface area contributed by atoms with Crippen LogP contribution in [0, 0.1) is 5.92 Å².